The molecule has 2 fully saturated rings. The van der Waals surface area contributed by atoms with Crippen molar-refractivity contribution < 1.29 is 28.9 Å². The number of aryl methyl sites for hydroxylation is 1. The van der Waals surface area contributed by atoms with E-state index < -0.39 is 17.5 Å². The Morgan fingerprint density at radius 2 is 1.64 bits per heavy atom. The van der Waals surface area contributed by atoms with Crippen molar-refractivity contribution >= 4 is 11.8 Å². The Balaban J connectivity index is 1.63. The van der Waals surface area contributed by atoms with Crippen LogP contribution >= 0.6 is 0 Å². The molecule has 192 valence electrons. The Bertz CT molecular complexity index is 1140. The van der Waals surface area contributed by atoms with Gasteiger partial charge in [-0.25, -0.2) is 0 Å². The van der Waals surface area contributed by atoms with E-state index in [2.05, 4.69) is 6.07 Å². The van der Waals surface area contributed by atoms with E-state index in [0.717, 1.165) is 60.8 Å². The van der Waals surface area contributed by atoms with E-state index in [1.807, 2.05) is 24.3 Å². The van der Waals surface area contributed by atoms with Crippen LogP contribution in [0.25, 0.3) is 11.1 Å². The molecule has 0 bridgehead atoms. The van der Waals surface area contributed by atoms with Crippen LogP contribution in [0.15, 0.2) is 30.3 Å². The van der Waals surface area contributed by atoms with Gasteiger partial charge in [-0.2, -0.15) is 0 Å². The maximum atomic E-state index is 12.7. The molecule has 5 rings (SSSR count). The third-order valence-corrected chi connectivity index (χ3v) is 8.63. The Labute approximate surface area is 212 Å². The zero-order valence-corrected chi connectivity index (χ0v) is 21.3. The van der Waals surface area contributed by atoms with Crippen molar-refractivity contribution in [1.82, 2.24) is 0 Å². The van der Waals surface area contributed by atoms with Gasteiger partial charge in [-0.1, -0.05) is 50.3 Å². The molecular weight excluding hydrogens is 456 g/mol. The van der Waals surface area contributed by atoms with E-state index in [1.165, 1.54) is 12.8 Å². The van der Waals surface area contributed by atoms with E-state index in [9.17, 15) is 14.7 Å². The first kappa shape index (κ1) is 24.7. The van der Waals surface area contributed by atoms with Crippen LogP contribution in [0.3, 0.4) is 0 Å². The van der Waals surface area contributed by atoms with E-state index in [0.29, 0.717) is 36.5 Å². The molecule has 2 aromatic carbocycles. The predicted octanol–water partition coefficient (Wildman–Crippen LogP) is 6.47. The van der Waals surface area contributed by atoms with Crippen molar-refractivity contribution in [1.29, 1.82) is 0 Å². The summed E-state index contributed by atoms with van der Waals surface area (Å²) in [7, 11) is 3.18. The molecule has 1 N–H and O–H groups in total. The number of hydrogen-bond acceptors (Lipinski definition) is 5. The van der Waals surface area contributed by atoms with E-state index in [-0.39, 0.29) is 11.7 Å². The highest BCUT2D eigenvalue weighted by Gasteiger charge is 2.55. The number of carboxylic acids is 1. The number of fused-ring (bicyclic) bond motifs is 1. The number of Topliss-reactive ketones (excluding diaryl/α,β-unsaturated/α-hetero) is 1. The van der Waals surface area contributed by atoms with E-state index in [1.54, 1.807) is 14.2 Å². The number of aliphatic carboxylic acids is 1. The average molecular weight is 493 g/mol. The predicted molar refractivity (Wildman–Crippen MR) is 137 cm³/mol. The fourth-order valence-corrected chi connectivity index (χ4v) is 6.44. The zero-order valence-electron chi connectivity index (χ0n) is 21.3. The number of carboxylic acid groups (broad SMARTS) is 1. The lowest BCUT2D eigenvalue weighted by Crippen LogP contribution is -2.53. The summed E-state index contributed by atoms with van der Waals surface area (Å²) in [6.07, 6.45) is 9.51. The first-order chi connectivity index (χ1) is 17.5. The maximum Gasteiger partial charge on any atom is 0.313 e. The summed E-state index contributed by atoms with van der Waals surface area (Å²) in [5.74, 6) is 1.15. The largest absolute Gasteiger partial charge is 0.493 e. The Hall–Kier alpha value is -3.02. The zero-order chi connectivity index (χ0) is 25.3. The van der Waals surface area contributed by atoms with Crippen molar-refractivity contribution in [3.8, 4) is 28.4 Å². The van der Waals surface area contributed by atoms with Crippen molar-refractivity contribution in [2.75, 3.05) is 14.2 Å². The molecule has 3 aliphatic rings. The number of carbonyl (C=O) groups is 2. The number of ketones is 1. The highest BCUT2D eigenvalue weighted by Crippen LogP contribution is 2.53. The van der Waals surface area contributed by atoms with Crippen molar-refractivity contribution in [2.24, 2.45) is 11.3 Å². The van der Waals surface area contributed by atoms with Gasteiger partial charge in [0.2, 0.25) is 5.75 Å². The third-order valence-electron chi connectivity index (χ3n) is 8.63. The number of benzene rings is 2. The molecule has 6 nitrogen and oxygen atoms in total. The van der Waals surface area contributed by atoms with Crippen LogP contribution in [-0.2, 0) is 11.2 Å². The minimum atomic E-state index is -0.884. The van der Waals surface area contributed by atoms with Crippen LogP contribution in [0.4, 0.5) is 0 Å². The SMILES string of the molecule is COc1ccc(-c2ccc3c(c2)CCC3=O)c(OC(C2CCCCCC2)C2(C(=O)O)CCC2)c1OC. The molecule has 3 aliphatic carbocycles. The monoisotopic (exact) mass is 492 g/mol. The summed E-state index contributed by atoms with van der Waals surface area (Å²) in [4.78, 5) is 24.9. The minimum absolute atomic E-state index is 0.172. The van der Waals surface area contributed by atoms with Gasteiger partial charge in [0, 0.05) is 17.5 Å². The molecule has 1 unspecified atom stereocenters. The highest BCUT2D eigenvalue weighted by atomic mass is 16.5. The second kappa shape index (κ2) is 10.2. The summed E-state index contributed by atoms with van der Waals surface area (Å²) in [5.41, 5.74) is 2.70. The quantitative estimate of drug-likeness (QED) is 0.425. The number of ether oxygens (including phenoxy) is 3. The topological polar surface area (TPSA) is 82.1 Å². The van der Waals surface area contributed by atoms with Crippen LogP contribution in [0.1, 0.15) is 80.1 Å². The lowest BCUT2D eigenvalue weighted by atomic mass is 9.61. The normalized spacial score (nSPS) is 20.1. The van der Waals surface area contributed by atoms with E-state index in [4.69, 9.17) is 14.2 Å². The van der Waals surface area contributed by atoms with Crippen LogP contribution in [-0.4, -0.2) is 37.2 Å². The van der Waals surface area contributed by atoms with Crippen LogP contribution < -0.4 is 14.2 Å². The molecule has 0 radical (unpaired) electrons. The van der Waals surface area contributed by atoms with Crippen molar-refractivity contribution in [3.63, 3.8) is 0 Å². The van der Waals surface area contributed by atoms with Crippen LogP contribution in [0, 0.1) is 11.3 Å². The Morgan fingerprint density at radius 3 is 2.25 bits per heavy atom. The first-order valence-electron chi connectivity index (χ1n) is 13.3. The third kappa shape index (κ3) is 4.25. The van der Waals surface area contributed by atoms with Crippen molar-refractivity contribution in [2.45, 2.75) is 76.7 Å². The van der Waals surface area contributed by atoms with Gasteiger partial charge in [-0.05, 0) is 61.3 Å². The molecule has 0 aliphatic heterocycles. The molecule has 2 saturated carbocycles. The Morgan fingerprint density at radius 1 is 0.917 bits per heavy atom. The fraction of sp³-hybridized carbons (Fsp3) is 0.533. The molecule has 6 heteroatoms. The number of hydrogen-bond donors (Lipinski definition) is 1. The van der Waals surface area contributed by atoms with Gasteiger partial charge in [-0.3, -0.25) is 9.59 Å². The lowest BCUT2D eigenvalue weighted by Gasteiger charge is -2.47. The molecule has 1 atom stereocenters. The molecule has 0 saturated heterocycles. The van der Waals surface area contributed by atoms with Gasteiger partial charge < -0.3 is 19.3 Å². The van der Waals surface area contributed by atoms with Crippen molar-refractivity contribution in [3.05, 3.63) is 41.5 Å². The second-order valence-electron chi connectivity index (χ2n) is 10.6. The molecule has 2 aromatic rings. The maximum absolute atomic E-state index is 12.7. The second-order valence-corrected chi connectivity index (χ2v) is 10.6. The smallest absolute Gasteiger partial charge is 0.313 e. The summed E-state index contributed by atoms with van der Waals surface area (Å²) in [6, 6.07) is 9.72. The summed E-state index contributed by atoms with van der Waals surface area (Å²) >= 11 is 0. The van der Waals surface area contributed by atoms with Gasteiger partial charge >= 0.3 is 5.97 Å². The molecule has 0 amide bonds. The van der Waals surface area contributed by atoms with Gasteiger partial charge in [0.05, 0.1) is 14.2 Å². The molecule has 0 aromatic heterocycles. The summed E-state index contributed by atoms with van der Waals surface area (Å²) < 4.78 is 18.4. The lowest BCUT2D eigenvalue weighted by molar-refractivity contribution is -0.167. The summed E-state index contributed by atoms with van der Waals surface area (Å²) in [6.45, 7) is 0. The minimum Gasteiger partial charge on any atom is -0.493 e. The number of rotatable bonds is 8. The number of carbonyl (C=O) groups excluding carboxylic acids is 1. The average Bonchev–Trinajstić information content (AvgIpc) is 3.04. The van der Waals surface area contributed by atoms with Crippen LogP contribution in [0.2, 0.25) is 0 Å². The van der Waals surface area contributed by atoms with Crippen LogP contribution in [0.5, 0.6) is 17.2 Å². The molecule has 36 heavy (non-hydrogen) atoms. The fourth-order valence-electron chi connectivity index (χ4n) is 6.44. The molecular formula is C30H36O6. The van der Waals surface area contributed by atoms with Gasteiger partial charge in [-0.15, -0.1) is 0 Å². The van der Waals surface area contributed by atoms with Gasteiger partial charge in [0.1, 0.15) is 11.5 Å². The van der Waals surface area contributed by atoms with Gasteiger partial charge in [0.15, 0.2) is 17.3 Å². The van der Waals surface area contributed by atoms with E-state index >= 15 is 0 Å². The Kier molecular flexibility index (Phi) is 6.96. The van der Waals surface area contributed by atoms with Gasteiger partial charge in [0.25, 0.3) is 0 Å². The first-order valence-corrected chi connectivity index (χ1v) is 13.3. The molecule has 0 spiro atoms. The standard InChI is InChI=1S/C30H36O6/c1-34-25-15-13-23(21-10-12-22-20(18-21)11-14-24(22)31)26(27(25)35-2)36-28(19-8-5-3-4-6-9-19)30(29(32)33)16-7-17-30/h10,12-13,15,18-19,28H,3-9,11,14,16-17H2,1-2H3,(H,32,33). The molecule has 0 heterocycles. The number of methoxy groups -OCH3 is 2. The summed E-state index contributed by atoms with van der Waals surface area (Å²) in [5, 5.41) is 10.4. The highest BCUT2D eigenvalue weighted by molar-refractivity contribution is 6.01.